The molecule has 1 aromatic carbocycles. The van der Waals surface area contributed by atoms with Crippen molar-refractivity contribution in [3.63, 3.8) is 0 Å². The maximum atomic E-state index is 5.89. The van der Waals surface area contributed by atoms with Gasteiger partial charge in [-0.1, -0.05) is 69.7 Å². The van der Waals surface area contributed by atoms with Crippen molar-refractivity contribution in [3.05, 3.63) is 33.8 Å². The molecular formula is C18H24Br2O. The Bertz CT molecular complexity index is 476. The molecule has 21 heavy (non-hydrogen) atoms. The van der Waals surface area contributed by atoms with Crippen LogP contribution in [0, 0.1) is 5.92 Å². The van der Waals surface area contributed by atoms with Crippen molar-refractivity contribution in [2.45, 2.75) is 45.4 Å². The fourth-order valence-electron chi connectivity index (χ4n) is 2.91. The van der Waals surface area contributed by atoms with E-state index in [1.165, 1.54) is 43.2 Å². The van der Waals surface area contributed by atoms with Crippen LogP contribution in [0.4, 0.5) is 0 Å². The van der Waals surface area contributed by atoms with Gasteiger partial charge >= 0.3 is 0 Å². The molecule has 0 saturated heterocycles. The first-order chi connectivity index (χ1) is 10.2. The Kier molecular flexibility index (Phi) is 7.31. The lowest BCUT2D eigenvalue weighted by Gasteiger charge is -2.24. The summed E-state index contributed by atoms with van der Waals surface area (Å²) in [5, 5.41) is 0.956. The molecule has 0 aromatic heterocycles. The number of allylic oxidation sites excluding steroid dienone is 1. The van der Waals surface area contributed by atoms with Gasteiger partial charge in [0.2, 0.25) is 0 Å². The zero-order valence-corrected chi connectivity index (χ0v) is 15.9. The fourth-order valence-corrected chi connectivity index (χ4v) is 3.91. The van der Waals surface area contributed by atoms with Crippen LogP contribution >= 0.6 is 31.9 Å². The second-order valence-electron chi connectivity index (χ2n) is 5.72. The highest BCUT2D eigenvalue weighted by molar-refractivity contribution is 9.10. The highest BCUT2D eigenvalue weighted by Crippen LogP contribution is 2.34. The Hall–Kier alpha value is -0.280. The summed E-state index contributed by atoms with van der Waals surface area (Å²) in [6.45, 7) is 2.91. The van der Waals surface area contributed by atoms with Crippen LogP contribution in [0.3, 0.4) is 0 Å². The lowest BCUT2D eigenvalue weighted by atomic mass is 9.84. The number of halogens is 2. The van der Waals surface area contributed by atoms with Crippen LogP contribution in [0.2, 0.25) is 0 Å². The second kappa shape index (κ2) is 8.99. The third-order valence-electron chi connectivity index (χ3n) is 4.06. The van der Waals surface area contributed by atoms with Crippen molar-refractivity contribution < 1.29 is 4.74 Å². The fraction of sp³-hybridized carbons (Fsp3) is 0.556. The summed E-state index contributed by atoms with van der Waals surface area (Å²) in [6, 6.07) is 6.28. The first-order valence-corrected chi connectivity index (χ1v) is 9.84. The van der Waals surface area contributed by atoms with Crippen molar-refractivity contribution in [2.75, 3.05) is 11.9 Å². The molecule has 0 spiro atoms. The summed E-state index contributed by atoms with van der Waals surface area (Å²) in [5.74, 6) is 1.73. The first-order valence-electron chi connectivity index (χ1n) is 7.93. The average Bonchev–Trinajstić information content (AvgIpc) is 2.52. The predicted octanol–water partition coefficient (Wildman–Crippen LogP) is 6.60. The Balaban J connectivity index is 2.24. The molecule has 3 heteroatoms. The SMILES string of the molecule is CCCOc1ccc(Br)cc1/C=C(/CBr)C1CCCCC1. The molecule has 1 fully saturated rings. The molecule has 0 unspecified atom stereocenters. The van der Waals surface area contributed by atoms with E-state index < -0.39 is 0 Å². The number of hydrogen-bond donors (Lipinski definition) is 0. The van der Waals surface area contributed by atoms with Gasteiger partial charge in [-0.2, -0.15) is 0 Å². The van der Waals surface area contributed by atoms with Crippen molar-refractivity contribution in [1.82, 2.24) is 0 Å². The minimum absolute atomic E-state index is 0.733. The summed E-state index contributed by atoms with van der Waals surface area (Å²) in [4.78, 5) is 0. The summed E-state index contributed by atoms with van der Waals surface area (Å²) in [6.07, 6.45) is 10.2. The van der Waals surface area contributed by atoms with Gasteiger partial charge < -0.3 is 4.74 Å². The van der Waals surface area contributed by atoms with Crippen LogP contribution in [0.25, 0.3) is 6.08 Å². The van der Waals surface area contributed by atoms with E-state index >= 15 is 0 Å². The number of ether oxygens (including phenoxy) is 1. The third-order valence-corrected chi connectivity index (χ3v) is 5.20. The maximum Gasteiger partial charge on any atom is 0.126 e. The zero-order valence-electron chi connectivity index (χ0n) is 12.7. The van der Waals surface area contributed by atoms with Gasteiger partial charge in [-0.15, -0.1) is 0 Å². The standard InChI is InChI=1S/C18H24Br2O/c1-2-10-21-18-9-8-17(20)12-15(18)11-16(13-19)14-6-4-3-5-7-14/h8-9,11-12,14H,2-7,10,13H2,1H3/b16-11-. The first kappa shape index (κ1) is 17.1. The Morgan fingerprint density at radius 3 is 2.71 bits per heavy atom. The molecule has 0 aliphatic heterocycles. The molecule has 0 amide bonds. The van der Waals surface area contributed by atoms with E-state index in [2.05, 4.69) is 63.1 Å². The topological polar surface area (TPSA) is 9.23 Å². The van der Waals surface area contributed by atoms with E-state index in [0.29, 0.717) is 0 Å². The normalized spacial score (nSPS) is 17.0. The van der Waals surface area contributed by atoms with E-state index in [1.54, 1.807) is 0 Å². The molecule has 1 aliphatic carbocycles. The molecule has 0 atom stereocenters. The van der Waals surface area contributed by atoms with Gasteiger partial charge in [0.25, 0.3) is 0 Å². The predicted molar refractivity (Wildman–Crippen MR) is 98.3 cm³/mol. The van der Waals surface area contributed by atoms with Crippen molar-refractivity contribution >= 4 is 37.9 Å². The lowest BCUT2D eigenvalue weighted by molar-refractivity contribution is 0.316. The molecule has 0 bridgehead atoms. The molecule has 2 rings (SSSR count). The van der Waals surface area contributed by atoms with E-state index in [0.717, 1.165) is 34.5 Å². The average molecular weight is 416 g/mol. The van der Waals surface area contributed by atoms with Gasteiger partial charge in [-0.05, 0) is 43.4 Å². The number of hydrogen-bond acceptors (Lipinski definition) is 1. The minimum Gasteiger partial charge on any atom is -0.493 e. The molecule has 116 valence electrons. The molecule has 0 N–H and O–H groups in total. The summed E-state index contributed by atoms with van der Waals surface area (Å²) >= 11 is 7.26. The zero-order chi connectivity index (χ0) is 15.1. The smallest absolute Gasteiger partial charge is 0.126 e. The van der Waals surface area contributed by atoms with E-state index in [4.69, 9.17) is 4.74 Å². The Morgan fingerprint density at radius 2 is 2.05 bits per heavy atom. The van der Waals surface area contributed by atoms with Gasteiger partial charge in [-0.25, -0.2) is 0 Å². The second-order valence-corrected chi connectivity index (χ2v) is 7.19. The quantitative estimate of drug-likeness (QED) is 0.475. The summed E-state index contributed by atoms with van der Waals surface area (Å²) in [5.41, 5.74) is 2.70. The monoisotopic (exact) mass is 414 g/mol. The van der Waals surface area contributed by atoms with Crippen molar-refractivity contribution in [3.8, 4) is 5.75 Å². The molecule has 1 nitrogen and oxygen atoms in total. The molecule has 0 heterocycles. The molecule has 0 radical (unpaired) electrons. The van der Waals surface area contributed by atoms with Gasteiger partial charge in [0.1, 0.15) is 5.75 Å². The summed E-state index contributed by atoms with van der Waals surface area (Å²) in [7, 11) is 0. The highest BCUT2D eigenvalue weighted by atomic mass is 79.9. The van der Waals surface area contributed by atoms with E-state index in [-0.39, 0.29) is 0 Å². The molecular weight excluding hydrogens is 392 g/mol. The Labute approximate surface area is 145 Å². The number of rotatable bonds is 6. The van der Waals surface area contributed by atoms with Crippen LogP contribution < -0.4 is 4.74 Å². The van der Waals surface area contributed by atoms with Crippen LogP contribution in [0.1, 0.15) is 51.0 Å². The number of benzene rings is 1. The summed E-state index contributed by atoms with van der Waals surface area (Å²) < 4.78 is 7.00. The van der Waals surface area contributed by atoms with Gasteiger partial charge in [0, 0.05) is 15.4 Å². The lowest BCUT2D eigenvalue weighted by Crippen LogP contribution is -2.10. The van der Waals surface area contributed by atoms with Gasteiger partial charge in [-0.3, -0.25) is 0 Å². The van der Waals surface area contributed by atoms with E-state index in [9.17, 15) is 0 Å². The molecule has 1 aromatic rings. The van der Waals surface area contributed by atoms with Crippen LogP contribution in [0.5, 0.6) is 5.75 Å². The van der Waals surface area contributed by atoms with Crippen LogP contribution in [-0.4, -0.2) is 11.9 Å². The largest absolute Gasteiger partial charge is 0.493 e. The van der Waals surface area contributed by atoms with Gasteiger partial charge in [0.15, 0.2) is 0 Å². The minimum atomic E-state index is 0.733. The van der Waals surface area contributed by atoms with Crippen LogP contribution in [-0.2, 0) is 0 Å². The Morgan fingerprint density at radius 1 is 1.29 bits per heavy atom. The maximum absolute atomic E-state index is 5.89. The van der Waals surface area contributed by atoms with Crippen molar-refractivity contribution in [1.29, 1.82) is 0 Å². The van der Waals surface area contributed by atoms with Crippen molar-refractivity contribution in [2.24, 2.45) is 5.92 Å². The van der Waals surface area contributed by atoms with Gasteiger partial charge in [0.05, 0.1) is 6.61 Å². The van der Waals surface area contributed by atoms with E-state index in [1.807, 2.05) is 0 Å². The third kappa shape index (κ3) is 5.14. The highest BCUT2D eigenvalue weighted by Gasteiger charge is 2.17. The molecule has 1 saturated carbocycles. The van der Waals surface area contributed by atoms with Crippen LogP contribution in [0.15, 0.2) is 28.2 Å². The number of alkyl halides is 1. The molecule has 1 aliphatic rings.